The molecule has 0 saturated carbocycles. The number of aromatic nitrogens is 1. The Balaban J connectivity index is 2.42. The molecular formula is C12H13NO2. The van der Waals surface area contributed by atoms with E-state index in [4.69, 9.17) is 4.52 Å². The minimum Gasteiger partial charge on any atom is -0.356 e. The maximum Gasteiger partial charge on any atom is 0.167 e. The minimum absolute atomic E-state index is 0.234. The van der Waals surface area contributed by atoms with Crippen molar-refractivity contribution in [3.63, 3.8) is 0 Å². The molecule has 0 aliphatic rings. The largest absolute Gasteiger partial charge is 0.356 e. The first-order valence-electron chi connectivity index (χ1n) is 5.02. The molecule has 1 aromatic heterocycles. The van der Waals surface area contributed by atoms with Gasteiger partial charge in [0.05, 0.1) is 5.69 Å². The zero-order valence-electron chi connectivity index (χ0n) is 8.86. The van der Waals surface area contributed by atoms with Crippen LogP contribution in [0.25, 0.3) is 11.0 Å². The summed E-state index contributed by atoms with van der Waals surface area (Å²) in [4.78, 5) is 10.4. The lowest BCUT2D eigenvalue weighted by atomic mass is 9.97. The summed E-state index contributed by atoms with van der Waals surface area (Å²) in [5, 5.41) is 4.94. The van der Waals surface area contributed by atoms with E-state index in [2.05, 4.69) is 5.16 Å². The average Bonchev–Trinajstić information content (AvgIpc) is 2.60. The number of aldehydes is 1. The van der Waals surface area contributed by atoms with E-state index in [1.807, 2.05) is 32.0 Å². The molecule has 15 heavy (non-hydrogen) atoms. The van der Waals surface area contributed by atoms with Crippen LogP contribution in [0.2, 0.25) is 0 Å². The van der Waals surface area contributed by atoms with Crippen molar-refractivity contribution in [3.05, 3.63) is 29.5 Å². The molecule has 3 nitrogen and oxygen atoms in total. The zero-order chi connectivity index (χ0) is 10.8. The van der Waals surface area contributed by atoms with Crippen LogP contribution in [0.5, 0.6) is 0 Å². The fourth-order valence-corrected chi connectivity index (χ4v) is 1.67. The van der Waals surface area contributed by atoms with E-state index in [-0.39, 0.29) is 5.92 Å². The van der Waals surface area contributed by atoms with E-state index >= 15 is 0 Å². The number of fused-ring (bicyclic) bond motifs is 1. The number of aryl methyl sites for hydroxylation is 1. The molecule has 1 aromatic carbocycles. The van der Waals surface area contributed by atoms with E-state index in [0.717, 1.165) is 28.5 Å². The third kappa shape index (κ3) is 1.77. The Kier molecular flexibility index (Phi) is 2.54. The molecule has 0 spiro atoms. The fraction of sp³-hybridized carbons (Fsp3) is 0.333. The van der Waals surface area contributed by atoms with Crippen LogP contribution in [-0.2, 0) is 4.79 Å². The highest BCUT2D eigenvalue weighted by molar-refractivity contribution is 5.80. The smallest absolute Gasteiger partial charge is 0.167 e. The Morgan fingerprint density at radius 3 is 3.07 bits per heavy atom. The number of benzene rings is 1. The SMILES string of the molecule is Cc1noc2cc(C(C)CC=O)ccc12. The van der Waals surface area contributed by atoms with E-state index < -0.39 is 0 Å². The molecular weight excluding hydrogens is 190 g/mol. The fourth-order valence-electron chi connectivity index (χ4n) is 1.67. The van der Waals surface area contributed by atoms with E-state index in [1.165, 1.54) is 0 Å². The minimum atomic E-state index is 0.234. The van der Waals surface area contributed by atoms with E-state index in [9.17, 15) is 4.79 Å². The summed E-state index contributed by atoms with van der Waals surface area (Å²) in [5.74, 6) is 0.234. The second kappa shape index (κ2) is 3.85. The first kappa shape index (κ1) is 9.90. The molecule has 0 fully saturated rings. The lowest BCUT2D eigenvalue weighted by Gasteiger charge is -2.06. The number of hydrogen-bond donors (Lipinski definition) is 0. The topological polar surface area (TPSA) is 43.1 Å². The van der Waals surface area contributed by atoms with Gasteiger partial charge in [0.2, 0.25) is 0 Å². The highest BCUT2D eigenvalue weighted by Crippen LogP contribution is 2.24. The first-order chi connectivity index (χ1) is 7.22. The molecule has 0 saturated heterocycles. The highest BCUT2D eigenvalue weighted by Gasteiger charge is 2.09. The molecule has 0 aliphatic carbocycles. The number of carbonyl (C=O) groups is 1. The van der Waals surface area contributed by atoms with Crippen molar-refractivity contribution in [1.82, 2.24) is 5.16 Å². The maximum absolute atomic E-state index is 10.4. The van der Waals surface area contributed by atoms with Crippen molar-refractivity contribution in [2.75, 3.05) is 0 Å². The van der Waals surface area contributed by atoms with Crippen molar-refractivity contribution in [2.45, 2.75) is 26.2 Å². The second-order valence-electron chi connectivity index (χ2n) is 3.83. The Morgan fingerprint density at radius 2 is 2.33 bits per heavy atom. The van der Waals surface area contributed by atoms with Crippen molar-refractivity contribution in [1.29, 1.82) is 0 Å². The first-order valence-corrected chi connectivity index (χ1v) is 5.02. The van der Waals surface area contributed by atoms with Gasteiger partial charge in [0.25, 0.3) is 0 Å². The standard InChI is InChI=1S/C12H13NO2/c1-8(5-6-14)10-3-4-11-9(2)13-15-12(11)7-10/h3-4,6-8H,5H2,1-2H3. The molecule has 1 heterocycles. The van der Waals surface area contributed by atoms with Gasteiger partial charge in [0, 0.05) is 11.8 Å². The molecule has 2 aromatic rings. The van der Waals surface area contributed by atoms with Gasteiger partial charge in [-0.3, -0.25) is 0 Å². The van der Waals surface area contributed by atoms with Gasteiger partial charge in [0.15, 0.2) is 5.58 Å². The van der Waals surface area contributed by atoms with Crippen LogP contribution in [0, 0.1) is 6.92 Å². The van der Waals surface area contributed by atoms with Crippen LogP contribution < -0.4 is 0 Å². The third-order valence-corrected chi connectivity index (χ3v) is 2.70. The molecule has 0 aliphatic heterocycles. The zero-order valence-corrected chi connectivity index (χ0v) is 8.86. The van der Waals surface area contributed by atoms with Gasteiger partial charge < -0.3 is 9.32 Å². The summed E-state index contributed by atoms with van der Waals surface area (Å²) in [7, 11) is 0. The van der Waals surface area contributed by atoms with Crippen LogP contribution >= 0.6 is 0 Å². The number of nitrogens with zero attached hydrogens (tertiary/aromatic N) is 1. The van der Waals surface area contributed by atoms with Gasteiger partial charge in [-0.15, -0.1) is 0 Å². The molecule has 0 radical (unpaired) electrons. The molecule has 0 N–H and O–H groups in total. The quantitative estimate of drug-likeness (QED) is 0.720. The normalized spacial score (nSPS) is 12.9. The average molecular weight is 203 g/mol. The van der Waals surface area contributed by atoms with Crippen molar-refractivity contribution in [3.8, 4) is 0 Å². The van der Waals surface area contributed by atoms with Crippen LogP contribution in [0.15, 0.2) is 22.7 Å². The summed E-state index contributed by atoms with van der Waals surface area (Å²) in [6.07, 6.45) is 1.49. The Hall–Kier alpha value is -1.64. The predicted octanol–water partition coefficient (Wildman–Crippen LogP) is 2.83. The van der Waals surface area contributed by atoms with Crippen molar-refractivity contribution >= 4 is 17.3 Å². The molecule has 1 unspecified atom stereocenters. The third-order valence-electron chi connectivity index (χ3n) is 2.70. The van der Waals surface area contributed by atoms with E-state index in [0.29, 0.717) is 6.42 Å². The van der Waals surface area contributed by atoms with Crippen LogP contribution in [0.1, 0.15) is 30.5 Å². The predicted molar refractivity (Wildman–Crippen MR) is 57.8 cm³/mol. The number of rotatable bonds is 3. The summed E-state index contributed by atoms with van der Waals surface area (Å²) < 4.78 is 5.18. The van der Waals surface area contributed by atoms with Crippen LogP contribution in [0.3, 0.4) is 0 Å². The van der Waals surface area contributed by atoms with E-state index in [1.54, 1.807) is 0 Å². The number of hydrogen-bond acceptors (Lipinski definition) is 3. The number of carbonyl (C=O) groups excluding carboxylic acids is 1. The summed E-state index contributed by atoms with van der Waals surface area (Å²) in [6, 6.07) is 5.99. The summed E-state index contributed by atoms with van der Waals surface area (Å²) in [6.45, 7) is 3.94. The van der Waals surface area contributed by atoms with Gasteiger partial charge in [-0.1, -0.05) is 18.1 Å². The second-order valence-corrected chi connectivity index (χ2v) is 3.83. The van der Waals surface area contributed by atoms with Gasteiger partial charge >= 0.3 is 0 Å². The Bertz CT molecular complexity index is 487. The summed E-state index contributed by atoms with van der Waals surface area (Å²) >= 11 is 0. The Morgan fingerprint density at radius 1 is 1.53 bits per heavy atom. The Labute approximate surface area is 88.1 Å². The molecule has 78 valence electrons. The van der Waals surface area contributed by atoms with Crippen molar-refractivity contribution < 1.29 is 9.32 Å². The summed E-state index contributed by atoms with van der Waals surface area (Å²) in [5.41, 5.74) is 2.81. The lowest BCUT2D eigenvalue weighted by molar-refractivity contribution is -0.108. The van der Waals surface area contributed by atoms with Crippen LogP contribution in [-0.4, -0.2) is 11.4 Å². The van der Waals surface area contributed by atoms with Crippen LogP contribution in [0.4, 0.5) is 0 Å². The van der Waals surface area contributed by atoms with Gasteiger partial charge in [-0.2, -0.15) is 0 Å². The van der Waals surface area contributed by atoms with Gasteiger partial charge in [-0.05, 0) is 30.5 Å². The van der Waals surface area contributed by atoms with Gasteiger partial charge in [0.1, 0.15) is 6.29 Å². The molecule has 0 amide bonds. The highest BCUT2D eigenvalue weighted by atomic mass is 16.5. The molecule has 3 heteroatoms. The van der Waals surface area contributed by atoms with Gasteiger partial charge in [-0.25, -0.2) is 0 Å². The maximum atomic E-state index is 10.4. The lowest BCUT2D eigenvalue weighted by Crippen LogP contribution is -1.93. The molecule has 1 atom stereocenters. The van der Waals surface area contributed by atoms with Crippen molar-refractivity contribution in [2.24, 2.45) is 0 Å². The molecule has 0 bridgehead atoms. The monoisotopic (exact) mass is 203 g/mol. The molecule has 2 rings (SSSR count).